The van der Waals surface area contributed by atoms with E-state index in [0.717, 1.165) is 31.9 Å². The van der Waals surface area contributed by atoms with Crippen LogP contribution in [0.3, 0.4) is 0 Å². The predicted octanol–water partition coefficient (Wildman–Crippen LogP) is 2.01. The first-order valence-corrected chi connectivity index (χ1v) is 12.7. The smallest absolute Gasteiger partial charge is 0.395 e. The monoisotopic (exact) mass is 352 g/mol. The molecule has 3 N–H and O–H groups in total. The first kappa shape index (κ1) is 22.2. The summed E-state index contributed by atoms with van der Waals surface area (Å²) in [6, 6.07) is 0.947. The van der Waals surface area contributed by atoms with Crippen molar-refractivity contribution < 1.29 is 17.7 Å². The van der Waals surface area contributed by atoms with Crippen LogP contribution in [-0.4, -0.2) is 56.9 Å². The maximum absolute atomic E-state index is 6.26. The van der Waals surface area contributed by atoms with Gasteiger partial charge >= 0.3 is 17.3 Å². The summed E-state index contributed by atoms with van der Waals surface area (Å²) in [5.74, 6) is 0. The van der Waals surface area contributed by atoms with Gasteiger partial charge in [-0.3, -0.25) is 4.98 Å². The number of nitrogens with two attached hydrogens (primary N) is 1. The summed E-state index contributed by atoms with van der Waals surface area (Å²) < 4.78 is 23.0. The van der Waals surface area contributed by atoms with Crippen LogP contribution >= 0.6 is 0 Å². The first-order valence-electron chi connectivity index (χ1n) is 8.32. The minimum Gasteiger partial charge on any atom is -0.395 e. The Hall–Kier alpha value is 0.194. The van der Waals surface area contributed by atoms with Crippen LogP contribution in [0.1, 0.15) is 40.0 Å². The van der Waals surface area contributed by atoms with Crippen LogP contribution in [0, 0.1) is 0 Å². The summed E-state index contributed by atoms with van der Waals surface area (Å²) in [4.78, 5) is 3.45. The van der Waals surface area contributed by atoms with Gasteiger partial charge in [0.1, 0.15) is 0 Å². The number of hydrogen-bond acceptors (Lipinski definition) is 6. The van der Waals surface area contributed by atoms with E-state index in [1.807, 2.05) is 13.8 Å². The minimum atomic E-state index is -2.54. The zero-order valence-electron chi connectivity index (χ0n) is 15.2. The second-order valence-corrected chi connectivity index (χ2v) is 12.1. The third-order valence-electron chi connectivity index (χ3n) is 3.77. The third-order valence-corrected chi connectivity index (χ3v) is 10.1. The van der Waals surface area contributed by atoms with Crippen molar-refractivity contribution in [1.29, 1.82) is 0 Å². The average Bonchev–Trinajstić information content (AvgIpc) is 2.49. The van der Waals surface area contributed by atoms with Crippen LogP contribution in [0.4, 0.5) is 0 Å². The van der Waals surface area contributed by atoms with Crippen molar-refractivity contribution in [1.82, 2.24) is 4.98 Å². The van der Waals surface area contributed by atoms with Gasteiger partial charge in [-0.15, -0.1) is 0 Å². The molecular formula is C14H36N2O4Si2. The van der Waals surface area contributed by atoms with Crippen LogP contribution in [0.15, 0.2) is 0 Å². The van der Waals surface area contributed by atoms with E-state index in [1.54, 1.807) is 14.2 Å². The van der Waals surface area contributed by atoms with E-state index in [9.17, 15) is 0 Å². The SMILES string of the molecule is CCCC(N)[Si](NCCC[Si](C)(OCC)OCC)(OC)OC. The summed E-state index contributed by atoms with van der Waals surface area (Å²) >= 11 is 0. The molecule has 0 saturated carbocycles. The van der Waals surface area contributed by atoms with E-state index in [1.165, 1.54) is 0 Å². The fourth-order valence-electron chi connectivity index (χ4n) is 2.63. The lowest BCUT2D eigenvalue weighted by molar-refractivity contribution is 0.187. The largest absolute Gasteiger partial charge is 0.441 e. The Bertz CT molecular complexity index is 276. The van der Waals surface area contributed by atoms with Gasteiger partial charge in [-0.2, -0.15) is 0 Å². The number of nitrogens with one attached hydrogen (secondary N) is 1. The van der Waals surface area contributed by atoms with Crippen LogP contribution < -0.4 is 10.7 Å². The van der Waals surface area contributed by atoms with Gasteiger partial charge in [-0.05, 0) is 45.8 Å². The molecule has 0 aromatic heterocycles. The van der Waals surface area contributed by atoms with Gasteiger partial charge in [0.2, 0.25) is 0 Å². The number of hydrogen-bond donors (Lipinski definition) is 2. The zero-order valence-corrected chi connectivity index (χ0v) is 17.2. The lowest BCUT2D eigenvalue weighted by Crippen LogP contribution is -2.67. The molecular weight excluding hydrogens is 316 g/mol. The molecule has 6 nitrogen and oxygen atoms in total. The van der Waals surface area contributed by atoms with Crippen LogP contribution in [0.5, 0.6) is 0 Å². The van der Waals surface area contributed by atoms with Crippen molar-refractivity contribution in [3.8, 4) is 0 Å². The summed E-state index contributed by atoms with van der Waals surface area (Å²) in [6.45, 7) is 10.5. The van der Waals surface area contributed by atoms with Crippen LogP contribution in [0.25, 0.3) is 0 Å². The van der Waals surface area contributed by atoms with Crippen LogP contribution in [0.2, 0.25) is 12.6 Å². The molecule has 0 aromatic carbocycles. The second-order valence-electron chi connectivity index (χ2n) is 5.50. The Morgan fingerprint density at radius 3 is 2.00 bits per heavy atom. The molecule has 0 amide bonds. The van der Waals surface area contributed by atoms with Gasteiger partial charge in [-0.25, -0.2) is 0 Å². The van der Waals surface area contributed by atoms with E-state index < -0.39 is 17.3 Å². The van der Waals surface area contributed by atoms with Gasteiger partial charge in [0.05, 0.1) is 5.67 Å². The van der Waals surface area contributed by atoms with Crippen LogP contribution in [-0.2, 0) is 17.7 Å². The Morgan fingerprint density at radius 2 is 1.59 bits per heavy atom. The zero-order chi connectivity index (χ0) is 17.1. The van der Waals surface area contributed by atoms with E-state index in [2.05, 4.69) is 18.5 Å². The average molecular weight is 353 g/mol. The molecule has 0 saturated heterocycles. The second kappa shape index (κ2) is 11.7. The molecule has 134 valence electrons. The van der Waals surface area contributed by atoms with Crippen molar-refractivity contribution in [2.45, 2.75) is 58.3 Å². The highest BCUT2D eigenvalue weighted by molar-refractivity contribution is 6.67. The molecule has 0 aliphatic heterocycles. The molecule has 0 aliphatic rings. The summed E-state index contributed by atoms with van der Waals surface area (Å²) in [7, 11) is -1.23. The van der Waals surface area contributed by atoms with E-state index in [0.29, 0.717) is 13.2 Å². The summed E-state index contributed by atoms with van der Waals surface area (Å²) in [5.41, 5.74) is 6.18. The third kappa shape index (κ3) is 7.18. The first-order chi connectivity index (χ1) is 10.4. The molecule has 22 heavy (non-hydrogen) atoms. The summed E-state index contributed by atoms with van der Waals surface area (Å²) in [6.07, 6.45) is 2.87. The molecule has 0 heterocycles. The molecule has 0 spiro atoms. The molecule has 1 unspecified atom stereocenters. The van der Waals surface area contributed by atoms with Gasteiger partial charge in [0.25, 0.3) is 0 Å². The van der Waals surface area contributed by atoms with Gasteiger partial charge in [-0.1, -0.05) is 13.3 Å². The minimum absolute atomic E-state index is 0.0742. The molecule has 0 aromatic rings. The lowest BCUT2D eigenvalue weighted by Gasteiger charge is -2.33. The maximum atomic E-state index is 6.26. The van der Waals surface area contributed by atoms with Crippen molar-refractivity contribution >= 4 is 17.3 Å². The standard InChI is InChI=1S/C14H36N2O4Si2/c1-7-11-14(15)22(17-4,18-5)16-12-10-13-21(6,19-8-2)20-9-3/h14,16H,7-13,15H2,1-6H3. The lowest BCUT2D eigenvalue weighted by atomic mass is 10.3. The molecule has 0 fully saturated rings. The quantitative estimate of drug-likeness (QED) is 0.368. The Morgan fingerprint density at radius 1 is 1.05 bits per heavy atom. The van der Waals surface area contributed by atoms with Gasteiger partial charge in [0, 0.05) is 27.4 Å². The van der Waals surface area contributed by atoms with Crippen molar-refractivity contribution in [3.05, 3.63) is 0 Å². The maximum Gasteiger partial charge on any atom is 0.441 e. The van der Waals surface area contributed by atoms with E-state index in [-0.39, 0.29) is 5.67 Å². The van der Waals surface area contributed by atoms with Gasteiger partial charge < -0.3 is 23.4 Å². The normalized spacial score (nSPS) is 14.3. The highest BCUT2D eigenvalue weighted by atomic mass is 28.4. The molecule has 1 atom stereocenters. The Balaban J connectivity index is 4.44. The summed E-state index contributed by atoms with van der Waals surface area (Å²) in [5, 5.41) is 0. The number of rotatable bonds is 14. The Labute approximate surface area is 138 Å². The Kier molecular flexibility index (Phi) is 11.8. The fourth-order valence-corrected chi connectivity index (χ4v) is 7.56. The van der Waals surface area contributed by atoms with Crippen molar-refractivity contribution in [2.24, 2.45) is 5.73 Å². The highest BCUT2D eigenvalue weighted by Gasteiger charge is 2.43. The topological polar surface area (TPSA) is 75.0 Å². The van der Waals surface area contributed by atoms with Gasteiger partial charge in [0.15, 0.2) is 0 Å². The van der Waals surface area contributed by atoms with Crippen molar-refractivity contribution in [3.63, 3.8) is 0 Å². The molecule has 8 heteroatoms. The fraction of sp³-hybridized carbons (Fsp3) is 1.00. The highest BCUT2D eigenvalue weighted by Crippen LogP contribution is 2.16. The van der Waals surface area contributed by atoms with E-state index in [4.69, 9.17) is 23.4 Å². The van der Waals surface area contributed by atoms with E-state index >= 15 is 0 Å². The predicted molar refractivity (Wildman–Crippen MR) is 95.0 cm³/mol. The molecule has 0 rings (SSSR count). The van der Waals surface area contributed by atoms with Crippen molar-refractivity contribution in [2.75, 3.05) is 34.0 Å². The molecule has 0 radical (unpaired) electrons. The molecule has 0 aliphatic carbocycles. The molecule has 0 bridgehead atoms.